The van der Waals surface area contributed by atoms with E-state index in [0.717, 1.165) is 38.9 Å². The third-order valence-corrected chi connectivity index (χ3v) is 14.3. The highest BCUT2D eigenvalue weighted by Crippen LogP contribution is 2.58. The van der Waals surface area contributed by atoms with Gasteiger partial charge in [-0.05, 0) is 114 Å². The van der Waals surface area contributed by atoms with Gasteiger partial charge in [0, 0.05) is 119 Å². The molecule has 2 unspecified atom stereocenters. The Bertz CT molecular complexity index is 3590. The molecule has 18 heteroatoms. The summed E-state index contributed by atoms with van der Waals surface area (Å²) in [6.07, 6.45) is 5.59. The number of aromatic hydroxyl groups is 2. The molecule has 0 saturated carbocycles. The maximum Gasteiger partial charge on any atom is 0.340 e. The number of phenols is 2. The summed E-state index contributed by atoms with van der Waals surface area (Å²) in [7, 11) is 1.58. The van der Waals surface area contributed by atoms with Crippen LogP contribution in [0.4, 0.5) is 5.69 Å². The molecule has 85 heavy (non-hydrogen) atoms. The van der Waals surface area contributed by atoms with E-state index in [0.29, 0.717) is 96.3 Å². The van der Waals surface area contributed by atoms with Crippen LogP contribution in [0.25, 0.3) is 0 Å². The summed E-state index contributed by atoms with van der Waals surface area (Å²) >= 11 is 0. The molecular weight excluding hydrogens is 1080 g/mol. The lowest BCUT2D eigenvalue weighted by atomic mass is 9.77. The summed E-state index contributed by atoms with van der Waals surface area (Å²) in [4.78, 5) is 85.0. The van der Waals surface area contributed by atoms with Crippen molar-refractivity contribution in [2.45, 2.75) is 64.6 Å². The van der Waals surface area contributed by atoms with E-state index in [1.165, 1.54) is 24.3 Å². The van der Waals surface area contributed by atoms with E-state index in [1.54, 1.807) is 119 Å². The van der Waals surface area contributed by atoms with Crippen LogP contribution in [-0.2, 0) is 44.6 Å². The van der Waals surface area contributed by atoms with Gasteiger partial charge in [-0.3, -0.25) is 19.2 Å². The summed E-state index contributed by atoms with van der Waals surface area (Å²) in [6, 6.07) is 33.8. The Labute approximate surface area is 491 Å². The predicted molar refractivity (Wildman–Crippen MR) is 317 cm³/mol. The smallest absolute Gasteiger partial charge is 0.340 e. The molecule has 4 amide bonds. The van der Waals surface area contributed by atoms with Crippen LogP contribution < -0.4 is 24.8 Å². The van der Waals surface area contributed by atoms with Gasteiger partial charge in [0.05, 0.1) is 11.1 Å². The second-order valence-corrected chi connectivity index (χ2v) is 20.6. The molecule has 2 atom stereocenters. The number of nitrogens with one attached hydrogen (secondary N) is 2. The molecule has 6 heterocycles. The van der Waals surface area contributed by atoms with Crippen molar-refractivity contribution >= 4 is 47.2 Å². The van der Waals surface area contributed by atoms with Crippen molar-refractivity contribution in [2.75, 3.05) is 32.0 Å². The number of hydrogen-bond acceptors (Lipinski definition) is 14. The molecule has 0 aromatic heterocycles. The molecule has 2 saturated heterocycles. The minimum absolute atomic E-state index is 0.00910. The van der Waals surface area contributed by atoms with E-state index in [1.807, 2.05) is 29.2 Å². The van der Waals surface area contributed by atoms with E-state index in [9.17, 15) is 43.8 Å². The van der Waals surface area contributed by atoms with E-state index < -0.39 is 29.1 Å². The number of nitrogens with zero attached hydrogens (tertiary/aromatic N) is 2. The third-order valence-electron chi connectivity index (χ3n) is 14.3. The number of rotatable bonds is 7. The summed E-state index contributed by atoms with van der Waals surface area (Å²) in [6.45, 7) is 27.1. The monoisotopic (exact) mass is 1150 g/mol. The molecule has 6 aromatic carbocycles. The topological polar surface area (TPSA) is 237 Å². The SMILES string of the molecule is C=C(C)C(=O)N1CCCC1.C=C(C)C(=O)NC.C=C(C)C(=O)Nc1ccc2c(c1)Oc1cc(O)ccc1C21OC(=O)c2ccccc21.C=C(C)C(=O)Oc1ccc2c(c1)Oc1cc(O)ccc1C21OC(=O)c2ccccc21.C=CN1CCCC1=O. The number of esters is 3. The van der Waals surface area contributed by atoms with Gasteiger partial charge in [-0.1, -0.05) is 69.3 Å². The molecule has 4 N–H and O–H groups in total. The highest BCUT2D eigenvalue weighted by atomic mass is 16.6. The molecule has 6 aliphatic heterocycles. The first-order valence-electron chi connectivity index (χ1n) is 27.1. The van der Waals surface area contributed by atoms with Crippen LogP contribution in [0.5, 0.6) is 40.2 Å². The Balaban J connectivity index is 0.000000158. The number of phenolic OH excluding ortho intramolecular Hbond substituents is 2. The largest absolute Gasteiger partial charge is 0.508 e. The number of carbonyl (C=O) groups excluding carboxylic acids is 7. The molecule has 2 spiro atoms. The van der Waals surface area contributed by atoms with Crippen LogP contribution in [0.15, 0.2) is 183 Å². The van der Waals surface area contributed by atoms with Gasteiger partial charge in [0.2, 0.25) is 17.7 Å². The van der Waals surface area contributed by atoms with Crippen molar-refractivity contribution in [1.29, 1.82) is 0 Å². The maximum absolute atomic E-state index is 12.7. The van der Waals surface area contributed by atoms with Crippen LogP contribution >= 0.6 is 0 Å². The summed E-state index contributed by atoms with van der Waals surface area (Å²) in [5.74, 6) is 0.259. The van der Waals surface area contributed by atoms with Crippen molar-refractivity contribution in [2.24, 2.45) is 0 Å². The van der Waals surface area contributed by atoms with Crippen LogP contribution in [0.2, 0.25) is 0 Å². The van der Waals surface area contributed by atoms with Crippen molar-refractivity contribution in [1.82, 2.24) is 15.1 Å². The standard InChI is InChI=1S/C24H17NO5.C24H16O6.C8H13NO.C6H9NO.C5H9NO/c1-13(2)22(27)25-14-7-9-18-20(11-14)29-21-12-15(26)8-10-19(21)24(18)17-6-4-3-5-16(17)23(28)30-24;1-13(2)22(26)28-15-8-10-19-21(12-15)29-20-11-14(25)7-9-18(20)24(19)17-6-4-3-5-16(17)23(27)30-24;1-7(2)8(10)9-5-3-4-6-9;1-2-7-5-3-4-6(7)8;1-4(2)5(7)6-3/h3-12,26H,1H2,2H3,(H,25,27);3-12,25H,1H2,2H3;1,3-6H2,2H3;2H,1,3-5H2;1H2,2-3H3,(H,6,7). The Morgan fingerprint density at radius 2 is 1.04 bits per heavy atom. The second kappa shape index (κ2) is 25.3. The summed E-state index contributed by atoms with van der Waals surface area (Å²) in [5, 5.41) is 25.2. The lowest BCUT2D eigenvalue weighted by molar-refractivity contribution is -0.130. The average Bonchev–Trinajstić information content (AvgIpc) is 2.47. The van der Waals surface area contributed by atoms with Crippen LogP contribution in [0.1, 0.15) is 107 Å². The third kappa shape index (κ3) is 12.3. The molecule has 6 aliphatic rings. The van der Waals surface area contributed by atoms with Crippen molar-refractivity contribution in [3.05, 3.63) is 227 Å². The minimum atomic E-state index is -1.23. The highest BCUT2D eigenvalue weighted by Gasteiger charge is 2.55. The fourth-order valence-electron chi connectivity index (χ4n) is 10.1. The number of fused-ring (bicyclic) bond motifs is 12. The quantitative estimate of drug-likeness (QED) is 0.0661. The van der Waals surface area contributed by atoms with E-state index in [-0.39, 0.29) is 46.5 Å². The highest BCUT2D eigenvalue weighted by molar-refractivity contribution is 6.03. The van der Waals surface area contributed by atoms with Gasteiger partial charge in [-0.2, -0.15) is 0 Å². The van der Waals surface area contributed by atoms with Crippen LogP contribution in [-0.4, -0.2) is 88.2 Å². The number of carbonyl (C=O) groups is 7. The maximum atomic E-state index is 12.7. The number of hydrogen-bond donors (Lipinski definition) is 4. The summed E-state index contributed by atoms with van der Waals surface area (Å²) in [5.41, 5.74) is 4.65. The van der Waals surface area contributed by atoms with Gasteiger partial charge in [-0.15, -0.1) is 0 Å². The van der Waals surface area contributed by atoms with E-state index >= 15 is 0 Å². The van der Waals surface area contributed by atoms with Crippen molar-refractivity contribution in [3.63, 3.8) is 0 Å². The lowest BCUT2D eigenvalue weighted by Gasteiger charge is -2.36. The Hall–Kier alpha value is -10.5. The first-order valence-corrected chi connectivity index (χ1v) is 27.1. The van der Waals surface area contributed by atoms with Crippen LogP contribution in [0.3, 0.4) is 0 Å². The Morgan fingerprint density at radius 3 is 1.46 bits per heavy atom. The van der Waals surface area contributed by atoms with Gasteiger partial charge in [-0.25, -0.2) is 14.4 Å². The number of ether oxygens (including phenoxy) is 5. The zero-order chi connectivity index (χ0) is 61.5. The van der Waals surface area contributed by atoms with Crippen molar-refractivity contribution in [3.8, 4) is 40.2 Å². The number of likely N-dealkylation sites (N-methyl/N-ethyl adjacent to an activating group) is 1. The molecule has 12 rings (SSSR count). The normalized spacial score (nSPS) is 17.2. The lowest BCUT2D eigenvalue weighted by Crippen LogP contribution is -2.33. The van der Waals surface area contributed by atoms with Crippen molar-refractivity contribution < 1.29 is 67.5 Å². The first kappa shape index (κ1) is 60.6. The second-order valence-electron chi connectivity index (χ2n) is 20.6. The van der Waals surface area contributed by atoms with Gasteiger partial charge in [0.1, 0.15) is 40.2 Å². The number of anilines is 1. The molecule has 0 bridgehead atoms. The minimum Gasteiger partial charge on any atom is -0.508 e. The number of amides is 4. The Morgan fingerprint density at radius 1 is 0.565 bits per heavy atom. The van der Waals surface area contributed by atoms with Gasteiger partial charge in [0.25, 0.3) is 5.91 Å². The average molecular weight is 1150 g/mol. The fourth-order valence-corrected chi connectivity index (χ4v) is 10.1. The van der Waals surface area contributed by atoms with Gasteiger partial charge < -0.3 is 54.3 Å². The molecule has 6 aromatic rings. The van der Waals surface area contributed by atoms with Gasteiger partial charge >= 0.3 is 17.9 Å². The molecular formula is C67H64N4O14. The molecule has 18 nitrogen and oxygen atoms in total. The zero-order valence-electron chi connectivity index (χ0n) is 47.8. The number of likely N-dealkylation sites (tertiary alicyclic amines) is 2. The van der Waals surface area contributed by atoms with E-state index in [4.69, 9.17) is 23.7 Å². The number of benzene rings is 6. The molecule has 0 radical (unpaired) electrons. The first-order chi connectivity index (χ1) is 40.5. The van der Waals surface area contributed by atoms with Crippen LogP contribution in [0, 0.1) is 0 Å². The zero-order valence-corrected chi connectivity index (χ0v) is 47.8. The molecule has 2 fully saturated rings. The van der Waals surface area contributed by atoms with E-state index in [2.05, 4.69) is 43.5 Å². The molecule has 436 valence electrons. The predicted octanol–water partition coefficient (Wildman–Crippen LogP) is 11.2. The van der Waals surface area contributed by atoms with Gasteiger partial charge in [0.15, 0.2) is 11.2 Å². The fraction of sp³-hybridized carbons (Fsp3) is 0.209. The summed E-state index contributed by atoms with van der Waals surface area (Å²) < 4.78 is 29.4. The Kier molecular flexibility index (Phi) is 18.1. The molecule has 0 aliphatic carbocycles.